The van der Waals surface area contributed by atoms with Gasteiger partial charge in [0.1, 0.15) is 0 Å². The van der Waals surface area contributed by atoms with Gasteiger partial charge in [0, 0.05) is 13.5 Å². The molecule has 15 heavy (non-hydrogen) atoms. The van der Waals surface area contributed by atoms with E-state index in [1.54, 1.807) is 0 Å². The first-order valence-electron chi connectivity index (χ1n) is 4.80. The molecule has 0 aromatic rings. The average Bonchev–Trinajstić information content (AvgIpc) is 1.99. The quantitative estimate of drug-likeness (QED) is 0.677. The van der Waals surface area contributed by atoms with E-state index in [9.17, 15) is 18.0 Å². The van der Waals surface area contributed by atoms with Crippen LogP contribution in [-0.4, -0.2) is 29.8 Å². The van der Waals surface area contributed by atoms with E-state index in [1.165, 1.54) is 6.92 Å². The second kappa shape index (κ2) is 6.66. The molecule has 0 aliphatic heterocycles. The molecule has 2 N–H and O–H groups in total. The Hall–Kier alpha value is -0.780. The van der Waals surface area contributed by atoms with Crippen molar-refractivity contribution < 1.29 is 23.1 Å². The largest absolute Gasteiger partial charge is 0.393 e. The number of aliphatic hydroxyl groups is 1. The molecule has 0 aromatic heterocycles. The highest BCUT2D eigenvalue weighted by Crippen LogP contribution is 2.23. The molecule has 0 fully saturated rings. The third-order valence-electron chi connectivity index (χ3n) is 1.81. The number of unbranched alkanes of at least 4 members (excludes halogenated alkanes) is 1. The van der Waals surface area contributed by atoms with Crippen LogP contribution in [0.25, 0.3) is 0 Å². The zero-order chi connectivity index (χ0) is 11.9. The molecule has 0 rings (SSSR count). The maximum absolute atomic E-state index is 11.8. The monoisotopic (exact) mass is 227 g/mol. The summed E-state index contributed by atoms with van der Waals surface area (Å²) in [5.41, 5.74) is 0. The topological polar surface area (TPSA) is 49.3 Å². The van der Waals surface area contributed by atoms with E-state index < -0.39 is 18.7 Å². The molecular formula is C9H16F3NO2. The number of hydrogen-bond acceptors (Lipinski definition) is 2. The van der Waals surface area contributed by atoms with Gasteiger partial charge in [-0.05, 0) is 19.3 Å². The lowest BCUT2D eigenvalue weighted by Gasteiger charge is -2.12. The van der Waals surface area contributed by atoms with E-state index in [1.807, 2.05) is 0 Å². The molecule has 1 unspecified atom stereocenters. The second-order valence-corrected chi connectivity index (χ2v) is 3.45. The van der Waals surface area contributed by atoms with E-state index in [0.29, 0.717) is 19.4 Å². The molecule has 0 aliphatic carbocycles. The Bertz CT molecular complexity index is 194. The van der Waals surface area contributed by atoms with Gasteiger partial charge >= 0.3 is 6.18 Å². The summed E-state index contributed by atoms with van der Waals surface area (Å²) in [5.74, 6) is -0.161. The van der Waals surface area contributed by atoms with Crippen LogP contribution in [0.1, 0.15) is 32.6 Å². The molecule has 0 saturated carbocycles. The van der Waals surface area contributed by atoms with Gasteiger partial charge in [0.05, 0.1) is 12.5 Å². The smallest absolute Gasteiger partial charge is 0.391 e. The van der Waals surface area contributed by atoms with E-state index in [2.05, 4.69) is 5.32 Å². The summed E-state index contributed by atoms with van der Waals surface area (Å²) in [4.78, 5) is 10.4. The summed E-state index contributed by atoms with van der Waals surface area (Å²) in [7, 11) is 0. The Balaban J connectivity index is 3.39. The van der Waals surface area contributed by atoms with Crippen molar-refractivity contribution in [3.8, 4) is 0 Å². The van der Waals surface area contributed by atoms with Crippen LogP contribution in [0.2, 0.25) is 0 Å². The fourth-order valence-corrected chi connectivity index (χ4v) is 1.14. The SMILES string of the molecule is CC(=O)NCCCCC(O)CC(F)(F)F. The first kappa shape index (κ1) is 14.2. The van der Waals surface area contributed by atoms with Crippen LogP contribution >= 0.6 is 0 Å². The molecule has 6 heteroatoms. The van der Waals surface area contributed by atoms with Crippen molar-refractivity contribution >= 4 is 5.91 Å². The van der Waals surface area contributed by atoms with Gasteiger partial charge in [-0.3, -0.25) is 4.79 Å². The lowest BCUT2D eigenvalue weighted by molar-refractivity contribution is -0.154. The minimum atomic E-state index is -4.31. The zero-order valence-electron chi connectivity index (χ0n) is 8.60. The molecule has 0 saturated heterocycles. The number of rotatable bonds is 6. The molecule has 0 aromatic carbocycles. The van der Waals surface area contributed by atoms with E-state index in [4.69, 9.17) is 5.11 Å². The lowest BCUT2D eigenvalue weighted by Crippen LogP contribution is -2.22. The van der Waals surface area contributed by atoms with E-state index in [0.717, 1.165) is 0 Å². The van der Waals surface area contributed by atoms with Crippen LogP contribution in [0.3, 0.4) is 0 Å². The van der Waals surface area contributed by atoms with Crippen molar-refractivity contribution in [1.82, 2.24) is 5.32 Å². The first-order valence-corrected chi connectivity index (χ1v) is 4.80. The maximum Gasteiger partial charge on any atom is 0.391 e. The fourth-order valence-electron chi connectivity index (χ4n) is 1.14. The van der Waals surface area contributed by atoms with Gasteiger partial charge < -0.3 is 10.4 Å². The van der Waals surface area contributed by atoms with Crippen molar-refractivity contribution in [2.24, 2.45) is 0 Å². The summed E-state index contributed by atoms with van der Waals surface area (Å²) in [5, 5.41) is 11.5. The van der Waals surface area contributed by atoms with E-state index in [-0.39, 0.29) is 12.3 Å². The minimum absolute atomic E-state index is 0.110. The average molecular weight is 227 g/mol. The van der Waals surface area contributed by atoms with Crippen LogP contribution in [0.5, 0.6) is 0 Å². The van der Waals surface area contributed by atoms with Gasteiger partial charge in [0.25, 0.3) is 0 Å². The third kappa shape index (κ3) is 11.1. The summed E-state index contributed by atoms with van der Waals surface area (Å²) >= 11 is 0. The Labute approximate surface area is 86.7 Å². The highest BCUT2D eigenvalue weighted by Gasteiger charge is 2.30. The van der Waals surface area contributed by atoms with Crippen molar-refractivity contribution in [1.29, 1.82) is 0 Å². The Morgan fingerprint density at radius 2 is 2.00 bits per heavy atom. The van der Waals surface area contributed by atoms with E-state index >= 15 is 0 Å². The molecule has 90 valence electrons. The Kier molecular flexibility index (Phi) is 6.31. The number of aliphatic hydroxyl groups excluding tert-OH is 1. The van der Waals surface area contributed by atoms with Crippen LogP contribution < -0.4 is 5.32 Å². The molecular weight excluding hydrogens is 211 g/mol. The van der Waals surface area contributed by atoms with Crippen LogP contribution in [0.4, 0.5) is 13.2 Å². The van der Waals surface area contributed by atoms with Crippen molar-refractivity contribution in [2.45, 2.75) is 44.9 Å². The minimum Gasteiger partial charge on any atom is -0.393 e. The Morgan fingerprint density at radius 3 is 2.47 bits per heavy atom. The normalized spacial score (nSPS) is 13.7. The number of nitrogens with one attached hydrogen (secondary N) is 1. The van der Waals surface area contributed by atoms with Crippen LogP contribution in [0.15, 0.2) is 0 Å². The predicted molar refractivity (Wildman–Crippen MR) is 49.2 cm³/mol. The van der Waals surface area contributed by atoms with Gasteiger partial charge in [0.15, 0.2) is 0 Å². The fraction of sp³-hybridized carbons (Fsp3) is 0.889. The van der Waals surface area contributed by atoms with Crippen molar-refractivity contribution in [3.05, 3.63) is 0 Å². The molecule has 3 nitrogen and oxygen atoms in total. The van der Waals surface area contributed by atoms with Crippen LogP contribution in [0, 0.1) is 0 Å². The number of alkyl halides is 3. The number of carbonyl (C=O) groups is 1. The van der Waals surface area contributed by atoms with Crippen molar-refractivity contribution in [2.75, 3.05) is 6.54 Å². The molecule has 1 atom stereocenters. The summed E-state index contributed by atoms with van der Waals surface area (Å²) in [6, 6.07) is 0. The molecule has 0 bridgehead atoms. The first-order chi connectivity index (χ1) is 6.81. The molecule has 0 heterocycles. The summed E-state index contributed by atoms with van der Waals surface area (Å²) in [6.07, 6.45) is -5.64. The molecule has 0 spiro atoms. The van der Waals surface area contributed by atoms with Gasteiger partial charge in [-0.15, -0.1) is 0 Å². The molecule has 0 aliphatic rings. The maximum atomic E-state index is 11.8. The third-order valence-corrected chi connectivity index (χ3v) is 1.81. The zero-order valence-corrected chi connectivity index (χ0v) is 8.60. The molecule has 1 amide bonds. The van der Waals surface area contributed by atoms with Crippen LogP contribution in [-0.2, 0) is 4.79 Å². The lowest BCUT2D eigenvalue weighted by atomic mass is 10.1. The number of amides is 1. The second-order valence-electron chi connectivity index (χ2n) is 3.45. The Morgan fingerprint density at radius 1 is 1.40 bits per heavy atom. The summed E-state index contributed by atoms with van der Waals surface area (Å²) < 4.78 is 35.3. The molecule has 0 radical (unpaired) electrons. The summed E-state index contributed by atoms with van der Waals surface area (Å²) in [6.45, 7) is 1.81. The van der Waals surface area contributed by atoms with Gasteiger partial charge in [0.2, 0.25) is 5.91 Å². The van der Waals surface area contributed by atoms with Gasteiger partial charge in [-0.25, -0.2) is 0 Å². The standard InChI is InChI=1S/C9H16F3NO2/c1-7(14)13-5-3-2-4-8(15)6-9(10,11)12/h8,15H,2-6H2,1H3,(H,13,14). The highest BCUT2D eigenvalue weighted by atomic mass is 19.4. The van der Waals surface area contributed by atoms with Gasteiger partial charge in [-0.1, -0.05) is 0 Å². The number of hydrogen-bond donors (Lipinski definition) is 2. The predicted octanol–water partition coefficient (Wildman–Crippen LogP) is 1.61. The number of halogens is 3. The highest BCUT2D eigenvalue weighted by molar-refractivity contribution is 5.72. The van der Waals surface area contributed by atoms with Crippen molar-refractivity contribution in [3.63, 3.8) is 0 Å². The number of carbonyl (C=O) groups excluding carboxylic acids is 1. The van der Waals surface area contributed by atoms with Gasteiger partial charge in [-0.2, -0.15) is 13.2 Å².